The third-order valence-electron chi connectivity index (χ3n) is 2.94. The average Bonchev–Trinajstić information content (AvgIpc) is 2.86. The van der Waals surface area contributed by atoms with E-state index in [2.05, 4.69) is 15.3 Å². The van der Waals surface area contributed by atoms with Crippen LogP contribution in [0.4, 0.5) is 5.69 Å². The molecule has 0 bridgehead atoms. The zero-order valence-corrected chi connectivity index (χ0v) is 12.5. The lowest BCUT2D eigenvalue weighted by atomic mass is 10.4. The second-order valence-corrected chi connectivity index (χ2v) is 5.08. The Morgan fingerprint density at radius 3 is 3.14 bits per heavy atom. The van der Waals surface area contributed by atoms with Crippen molar-refractivity contribution in [2.75, 3.05) is 11.9 Å². The fourth-order valence-corrected chi connectivity index (χ4v) is 2.22. The number of aryl methyl sites for hydroxylation is 1. The molecule has 3 rings (SSSR count). The van der Waals surface area contributed by atoms with Crippen LogP contribution in [0.25, 0.3) is 5.65 Å². The van der Waals surface area contributed by atoms with Gasteiger partial charge in [-0.25, -0.2) is 9.97 Å². The number of rotatable bonds is 4. The Balaban J connectivity index is 1.67. The van der Waals surface area contributed by atoms with Gasteiger partial charge in [0.2, 0.25) is 0 Å². The number of fused-ring (bicyclic) bond motifs is 1. The first-order chi connectivity index (χ1) is 10.6. The van der Waals surface area contributed by atoms with Crippen molar-refractivity contribution in [3.8, 4) is 5.75 Å². The summed E-state index contributed by atoms with van der Waals surface area (Å²) in [6, 6.07) is 6.84. The molecule has 0 aliphatic rings. The van der Waals surface area contributed by atoms with Crippen LogP contribution < -0.4 is 10.1 Å². The van der Waals surface area contributed by atoms with Crippen LogP contribution in [0.2, 0.25) is 5.15 Å². The van der Waals surface area contributed by atoms with Crippen molar-refractivity contribution in [2.24, 2.45) is 0 Å². The van der Waals surface area contributed by atoms with E-state index in [9.17, 15) is 4.79 Å². The van der Waals surface area contributed by atoms with Gasteiger partial charge in [0.15, 0.2) is 18.0 Å². The van der Waals surface area contributed by atoms with Crippen LogP contribution in [0.5, 0.6) is 5.75 Å². The molecule has 0 fully saturated rings. The Kier molecular flexibility index (Phi) is 3.93. The monoisotopic (exact) mass is 316 g/mol. The number of imidazole rings is 1. The summed E-state index contributed by atoms with van der Waals surface area (Å²) < 4.78 is 7.41. The zero-order chi connectivity index (χ0) is 15.5. The maximum Gasteiger partial charge on any atom is 0.262 e. The third kappa shape index (κ3) is 3.17. The predicted octanol–water partition coefficient (Wildman–Crippen LogP) is 2.71. The fraction of sp³-hybridized carbons (Fsp3) is 0.133. The molecule has 0 saturated heterocycles. The number of anilines is 1. The van der Waals surface area contributed by atoms with Gasteiger partial charge in [0.1, 0.15) is 5.15 Å². The van der Waals surface area contributed by atoms with E-state index < -0.39 is 0 Å². The molecule has 22 heavy (non-hydrogen) atoms. The number of hydrogen-bond acceptors (Lipinski definition) is 4. The van der Waals surface area contributed by atoms with Crippen molar-refractivity contribution in [1.82, 2.24) is 14.4 Å². The van der Waals surface area contributed by atoms with E-state index in [1.54, 1.807) is 18.2 Å². The fourth-order valence-electron chi connectivity index (χ4n) is 2.04. The number of halogens is 1. The molecule has 1 N–H and O–H groups in total. The first-order valence-corrected chi connectivity index (χ1v) is 6.98. The normalized spacial score (nSPS) is 10.6. The lowest BCUT2D eigenvalue weighted by Gasteiger charge is -2.08. The molecule has 1 amide bonds. The van der Waals surface area contributed by atoms with E-state index >= 15 is 0 Å². The van der Waals surface area contributed by atoms with Gasteiger partial charge >= 0.3 is 0 Å². The third-order valence-corrected chi connectivity index (χ3v) is 3.14. The Morgan fingerprint density at radius 2 is 2.32 bits per heavy atom. The van der Waals surface area contributed by atoms with Crippen molar-refractivity contribution in [3.05, 3.63) is 53.7 Å². The van der Waals surface area contributed by atoms with Crippen LogP contribution >= 0.6 is 11.6 Å². The smallest absolute Gasteiger partial charge is 0.262 e. The second kappa shape index (κ2) is 6.03. The quantitative estimate of drug-likeness (QED) is 0.751. The largest absolute Gasteiger partial charge is 0.480 e. The van der Waals surface area contributed by atoms with Crippen LogP contribution in [-0.4, -0.2) is 26.9 Å². The molecule has 7 heteroatoms. The number of pyridine rings is 2. The summed E-state index contributed by atoms with van der Waals surface area (Å²) in [5.41, 5.74) is 2.13. The van der Waals surface area contributed by atoms with E-state index in [0.29, 0.717) is 22.2 Å². The summed E-state index contributed by atoms with van der Waals surface area (Å²) in [7, 11) is 0. The number of carbonyl (C=O) groups is 1. The highest BCUT2D eigenvalue weighted by Crippen LogP contribution is 2.19. The van der Waals surface area contributed by atoms with E-state index in [1.807, 2.05) is 29.8 Å². The van der Waals surface area contributed by atoms with Crippen LogP contribution in [0.1, 0.15) is 5.69 Å². The van der Waals surface area contributed by atoms with Crippen molar-refractivity contribution < 1.29 is 9.53 Å². The molecule has 0 saturated carbocycles. The number of aromatic nitrogens is 3. The molecule has 3 aromatic heterocycles. The van der Waals surface area contributed by atoms with Crippen LogP contribution in [-0.2, 0) is 4.79 Å². The highest BCUT2D eigenvalue weighted by molar-refractivity contribution is 6.29. The Hall–Kier alpha value is -2.60. The maximum atomic E-state index is 11.9. The first-order valence-electron chi connectivity index (χ1n) is 6.60. The van der Waals surface area contributed by atoms with E-state index in [4.69, 9.17) is 16.3 Å². The summed E-state index contributed by atoms with van der Waals surface area (Å²) in [6.45, 7) is 1.78. The summed E-state index contributed by atoms with van der Waals surface area (Å²) in [5, 5.41) is 3.01. The number of nitrogens with one attached hydrogen (secondary N) is 1. The lowest BCUT2D eigenvalue weighted by molar-refractivity contribution is -0.118. The summed E-state index contributed by atoms with van der Waals surface area (Å²) in [6.07, 6.45) is 5.29. The number of ether oxygens (including phenoxy) is 1. The second-order valence-electron chi connectivity index (χ2n) is 4.69. The Labute approximate surface area is 131 Å². The highest BCUT2D eigenvalue weighted by atomic mass is 35.5. The number of carbonyl (C=O) groups excluding carboxylic acids is 1. The summed E-state index contributed by atoms with van der Waals surface area (Å²) in [5.74, 6) is 0.269. The topological polar surface area (TPSA) is 68.5 Å². The molecule has 0 unspecified atom stereocenters. The van der Waals surface area contributed by atoms with Gasteiger partial charge in [-0.2, -0.15) is 0 Å². The maximum absolute atomic E-state index is 11.9. The van der Waals surface area contributed by atoms with Gasteiger partial charge in [-0.15, -0.1) is 0 Å². The molecule has 3 heterocycles. The van der Waals surface area contributed by atoms with Gasteiger partial charge in [-0.1, -0.05) is 11.6 Å². The van der Waals surface area contributed by atoms with E-state index in [0.717, 1.165) is 5.69 Å². The molecule has 112 valence electrons. The molecule has 3 aromatic rings. The van der Waals surface area contributed by atoms with E-state index in [1.165, 1.54) is 6.20 Å². The Bertz CT molecular complexity index is 831. The van der Waals surface area contributed by atoms with Crippen molar-refractivity contribution in [1.29, 1.82) is 0 Å². The predicted molar refractivity (Wildman–Crippen MR) is 83.3 cm³/mol. The molecule has 0 aliphatic carbocycles. The minimum absolute atomic E-state index is 0.120. The summed E-state index contributed by atoms with van der Waals surface area (Å²) in [4.78, 5) is 20.1. The standard InChI is InChI=1S/C15H13ClN4O2/c1-10-8-20-6-2-3-12(15(20)18-10)22-9-14(21)19-11-4-5-17-13(16)7-11/h2-8H,9H2,1H3,(H,17,19,21). The zero-order valence-electron chi connectivity index (χ0n) is 11.8. The molecular weight excluding hydrogens is 304 g/mol. The minimum atomic E-state index is -0.285. The number of hydrogen-bond donors (Lipinski definition) is 1. The van der Waals surface area contributed by atoms with Crippen molar-refractivity contribution in [2.45, 2.75) is 6.92 Å². The highest BCUT2D eigenvalue weighted by Gasteiger charge is 2.08. The van der Waals surface area contributed by atoms with Crippen molar-refractivity contribution in [3.63, 3.8) is 0 Å². The van der Waals surface area contributed by atoms with Gasteiger partial charge in [0.05, 0.1) is 5.69 Å². The van der Waals surface area contributed by atoms with Crippen LogP contribution in [0.15, 0.2) is 42.9 Å². The molecule has 0 spiro atoms. The molecular formula is C15H13ClN4O2. The minimum Gasteiger partial charge on any atom is -0.480 e. The van der Waals surface area contributed by atoms with Crippen molar-refractivity contribution >= 4 is 28.8 Å². The van der Waals surface area contributed by atoms with Crippen LogP contribution in [0.3, 0.4) is 0 Å². The van der Waals surface area contributed by atoms with Gasteiger partial charge in [-0.05, 0) is 31.2 Å². The average molecular weight is 317 g/mol. The molecule has 0 aromatic carbocycles. The van der Waals surface area contributed by atoms with Gasteiger partial charge < -0.3 is 14.5 Å². The molecule has 0 atom stereocenters. The molecule has 6 nitrogen and oxygen atoms in total. The number of amides is 1. The van der Waals surface area contributed by atoms with Gasteiger partial charge in [-0.3, -0.25) is 4.79 Å². The number of nitrogens with zero attached hydrogens (tertiary/aromatic N) is 3. The van der Waals surface area contributed by atoms with E-state index in [-0.39, 0.29) is 12.5 Å². The first kappa shape index (κ1) is 14.3. The molecule has 0 radical (unpaired) electrons. The summed E-state index contributed by atoms with van der Waals surface area (Å²) >= 11 is 5.76. The Morgan fingerprint density at radius 1 is 1.45 bits per heavy atom. The van der Waals surface area contributed by atoms with Crippen LogP contribution in [0, 0.1) is 6.92 Å². The molecule has 0 aliphatic heterocycles. The van der Waals surface area contributed by atoms with Gasteiger partial charge in [0.25, 0.3) is 5.91 Å². The lowest BCUT2D eigenvalue weighted by Crippen LogP contribution is -2.20. The SMILES string of the molecule is Cc1cn2cccc(OCC(=O)Nc3ccnc(Cl)c3)c2n1. The van der Waals surface area contributed by atoms with Gasteiger partial charge in [0, 0.05) is 24.3 Å².